The van der Waals surface area contributed by atoms with Gasteiger partial charge in [-0.3, -0.25) is 9.98 Å². The Kier molecular flexibility index (Phi) is 3.34. The van der Waals surface area contributed by atoms with Crippen LogP contribution >= 0.6 is 0 Å². The van der Waals surface area contributed by atoms with E-state index in [1.165, 1.54) is 12.1 Å². The Hall–Kier alpha value is -2.22. The number of halogens is 1. The van der Waals surface area contributed by atoms with E-state index >= 15 is 0 Å². The molecule has 8 heteroatoms. The van der Waals surface area contributed by atoms with Crippen molar-refractivity contribution in [3.05, 3.63) is 57.8 Å². The van der Waals surface area contributed by atoms with Crippen LogP contribution in [0, 0.1) is 18.2 Å². The van der Waals surface area contributed by atoms with Crippen molar-refractivity contribution < 1.29 is 12.8 Å². The molecule has 0 unspecified atom stereocenters. The number of hydrogen-bond donors (Lipinski definition) is 1. The summed E-state index contributed by atoms with van der Waals surface area (Å²) in [6.07, 6.45) is 0.520. The molecule has 0 aliphatic rings. The molecule has 1 aromatic carbocycles. The van der Waals surface area contributed by atoms with Crippen molar-refractivity contribution in [2.24, 2.45) is 7.05 Å². The maximum Gasteiger partial charge on any atom is 0.343 e. The van der Waals surface area contributed by atoms with E-state index in [0.717, 1.165) is 7.05 Å². The molecule has 0 spiro atoms. The van der Waals surface area contributed by atoms with Gasteiger partial charge in [0, 0.05) is 7.05 Å². The summed E-state index contributed by atoms with van der Waals surface area (Å²) in [4.78, 5) is 11.8. The zero-order valence-corrected chi connectivity index (χ0v) is 11.6. The summed E-state index contributed by atoms with van der Waals surface area (Å²) in [6.45, 7) is 1.58. The van der Waals surface area contributed by atoms with Gasteiger partial charge < -0.3 is 0 Å². The predicted molar refractivity (Wildman–Crippen MR) is 69.2 cm³/mol. The summed E-state index contributed by atoms with van der Waals surface area (Å²) < 4.78 is 39.3. The number of aryl methyl sites for hydroxylation is 1. The van der Waals surface area contributed by atoms with Gasteiger partial charge in [0.1, 0.15) is 0 Å². The van der Waals surface area contributed by atoms with Crippen LogP contribution < -0.4 is 11.2 Å². The van der Waals surface area contributed by atoms with E-state index in [1.807, 2.05) is 0 Å². The van der Waals surface area contributed by atoms with E-state index in [1.54, 1.807) is 19.1 Å². The molecule has 0 aliphatic heterocycles. The Morgan fingerprint density at radius 2 is 1.85 bits per heavy atom. The summed E-state index contributed by atoms with van der Waals surface area (Å²) >= 11 is 0. The summed E-state index contributed by atoms with van der Waals surface area (Å²) in [6, 6.07) is 6.08. The number of aromatic nitrogens is 2. The standard InChI is InChI=1S/C12H12FN3O3S/c1-8-5-3-4-6-10(8)20(18,19)16-7-9(13)11(14)15(2)12(16)17/h3-7,14H,1-2H3. The smallest absolute Gasteiger partial charge is 0.282 e. The van der Waals surface area contributed by atoms with Crippen LogP contribution in [0.15, 0.2) is 40.2 Å². The monoisotopic (exact) mass is 297 g/mol. The van der Waals surface area contributed by atoms with E-state index in [4.69, 9.17) is 5.41 Å². The molecule has 1 heterocycles. The summed E-state index contributed by atoms with van der Waals surface area (Å²) in [5, 5.41) is 7.31. The fraction of sp³-hybridized carbons (Fsp3) is 0.167. The maximum atomic E-state index is 13.5. The van der Waals surface area contributed by atoms with Crippen LogP contribution in [0.1, 0.15) is 5.56 Å². The lowest BCUT2D eigenvalue weighted by molar-refractivity contribution is 0.534. The SMILES string of the molecule is Cc1ccccc1S(=O)(=O)n1cc(F)c(=N)n(C)c1=O. The third-order valence-electron chi connectivity index (χ3n) is 2.90. The lowest BCUT2D eigenvalue weighted by atomic mass is 10.2. The molecule has 0 saturated carbocycles. The van der Waals surface area contributed by atoms with Crippen molar-refractivity contribution in [2.45, 2.75) is 11.8 Å². The van der Waals surface area contributed by atoms with Crippen LogP contribution in [0.5, 0.6) is 0 Å². The van der Waals surface area contributed by atoms with E-state index in [2.05, 4.69) is 0 Å². The maximum absolute atomic E-state index is 13.5. The fourth-order valence-electron chi connectivity index (χ4n) is 1.75. The molecule has 0 bridgehead atoms. The molecule has 0 fully saturated rings. The Morgan fingerprint density at radius 1 is 1.25 bits per heavy atom. The predicted octanol–water partition coefficient (Wildman–Crippen LogP) is 0.351. The van der Waals surface area contributed by atoms with Crippen LogP contribution in [-0.2, 0) is 17.1 Å². The highest BCUT2D eigenvalue weighted by Crippen LogP contribution is 2.16. The average Bonchev–Trinajstić information content (AvgIpc) is 2.40. The van der Waals surface area contributed by atoms with Crippen molar-refractivity contribution >= 4 is 10.0 Å². The number of nitrogens with one attached hydrogen (secondary N) is 1. The van der Waals surface area contributed by atoms with Gasteiger partial charge in [0.2, 0.25) is 0 Å². The molecule has 106 valence electrons. The van der Waals surface area contributed by atoms with Gasteiger partial charge in [-0.1, -0.05) is 18.2 Å². The Bertz CT molecular complexity index is 897. The molecule has 6 nitrogen and oxygen atoms in total. The van der Waals surface area contributed by atoms with Crippen molar-refractivity contribution in [3.63, 3.8) is 0 Å². The van der Waals surface area contributed by atoms with E-state index in [-0.39, 0.29) is 4.90 Å². The molecule has 0 radical (unpaired) electrons. The first-order valence-corrected chi connectivity index (χ1v) is 7.05. The van der Waals surface area contributed by atoms with Crippen molar-refractivity contribution in [1.82, 2.24) is 8.54 Å². The first-order chi connectivity index (χ1) is 9.26. The van der Waals surface area contributed by atoms with Gasteiger partial charge in [-0.05, 0) is 18.6 Å². The second-order valence-corrected chi connectivity index (χ2v) is 6.02. The molecule has 2 rings (SSSR count). The first-order valence-electron chi connectivity index (χ1n) is 5.61. The first kappa shape index (κ1) is 14.2. The summed E-state index contributed by atoms with van der Waals surface area (Å²) in [5.74, 6) is -1.09. The second-order valence-electron chi connectivity index (χ2n) is 4.23. The normalized spacial score (nSPS) is 11.6. The second kappa shape index (κ2) is 4.71. The molecule has 20 heavy (non-hydrogen) atoms. The molecule has 0 amide bonds. The highest BCUT2D eigenvalue weighted by Gasteiger charge is 2.22. The van der Waals surface area contributed by atoms with Crippen LogP contribution in [0.25, 0.3) is 0 Å². The van der Waals surface area contributed by atoms with Crippen molar-refractivity contribution in [3.8, 4) is 0 Å². The van der Waals surface area contributed by atoms with E-state index in [9.17, 15) is 17.6 Å². The van der Waals surface area contributed by atoms with Gasteiger partial charge in [0.25, 0.3) is 10.0 Å². The van der Waals surface area contributed by atoms with Crippen molar-refractivity contribution in [1.29, 1.82) is 5.41 Å². The van der Waals surface area contributed by atoms with Crippen LogP contribution in [0.2, 0.25) is 0 Å². The average molecular weight is 297 g/mol. The van der Waals surface area contributed by atoms with E-state index in [0.29, 0.717) is 20.3 Å². The molecule has 0 atom stereocenters. The third kappa shape index (κ3) is 2.07. The van der Waals surface area contributed by atoms with E-state index < -0.39 is 27.0 Å². The minimum Gasteiger partial charge on any atom is -0.282 e. The van der Waals surface area contributed by atoms with Gasteiger partial charge in [-0.2, -0.15) is 3.97 Å². The summed E-state index contributed by atoms with van der Waals surface area (Å²) in [5.41, 5.74) is -1.23. The topological polar surface area (TPSA) is 84.9 Å². The summed E-state index contributed by atoms with van der Waals surface area (Å²) in [7, 11) is -3.07. The lowest BCUT2D eigenvalue weighted by Crippen LogP contribution is -2.42. The Labute approximate surface area is 114 Å². The molecule has 2 aromatic rings. The van der Waals surface area contributed by atoms with Gasteiger partial charge in [0.05, 0.1) is 11.1 Å². The molecule has 0 saturated heterocycles. The highest BCUT2D eigenvalue weighted by atomic mass is 32.2. The highest BCUT2D eigenvalue weighted by molar-refractivity contribution is 7.90. The molecular weight excluding hydrogens is 285 g/mol. The molecule has 0 aliphatic carbocycles. The van der Waals surface area contributed by atoms with Gasteiger partial charge >= 0.3 is 5.69 Å². The number of nitrogens with zero attached hydrogens (tertiary/aromatic N) is 2. The molecular formula is C12H12FN3O3S. The van der Waals surface area contributed by atoms with Gasteiger partial charge in [-0.15, -0.1) is 0 Å². The minimum absolute atomic E-state index is 0.0840. The zero-order chi connectivity index (χ0) is 15.1. The Balaban J connectivity index is 2.85. The van der Waals surface area contributed by atoms with Crippen LogP contribution in [0.3, 0.4) is 0 Å². The largest absolute Gasteiger partial charge is 0.343 e. The van der Waals surface area contributed by atoms with Gasteiger partial charge in [-0.25, -0.2) is 17.6 Å². The minimum atomic E-state index is -4.20. The van der Waals surface area contributed by atoms with Crippen LogP contribution in [0.4, 0.5) is 4.39 Å². The quantitative estimate of drug-likeness (QED) is 0.868. The Morgan fingerprint density at radius 3 is 2.45 bits per heavy atom. The molecule has 1 N–H and O–H groups in total. The number of benzene rings is 1. The number of rotatable bonds is 2. The fourth-order valence-corrected chi connectivity index (χ4v) is 3.24. The lowest BCUT2D eigenvalue weighted by Gasteiger charge is -2.11. The number of hydrogen-bond acceptors (Lipinski definition) is 4. The van der Waals surface area contributed by atoms with Crippen molar-refractivity contribution in [2.75, 3.05) is 0 Å². The zero-order valence-electron chi connectivity index (χ0n) is 10.8. The third-order valence-corrected chi connectivity index (χ3v) is 4.69. The molecule has 1 aromatic heterocycles. The van der Waals surface area contributed by atoms with Crippen LogP contribution in [-0.4, -0.2) is 17.0 Å². The van der Waals surface area contributed by atoms with Gasteiger partial charge in [0.15, 0.2) is 11.3 Å².